The summed E-state index contributed by atoms with van der Waals surface area (Å²) >= 11 is 0. The van der Waals surface area contributed by atoms with Crippen molar-refractivity contribution in [3.63, 3.8) is 0 Å². The highest BCUT2D eigenvalue weighted by molar-refractivity contribution is 5.96. The van der Waals surface area contributed by atoms with Crippen LogP contribution in [0.5, 0.6) is 0 Å². The molecule has 0 aliphatic heterocycles. The highest BCUT2D eigenvalue weighted by atomic mass is 16.1. The van der Waals surface area contributed by atoms with Crippen LogP contribution in [0, 0.1) is 6.92 Å². The third-order valence-electron chi connectivity index (χ3n) is 3.14. The van der Waals surface area contributed by atoms with E-state index in [0.717, 1.165) is 27.9 Å². The van der Waals surface area contributed by atoms with Crippen LogP contribution in [0.1, 0.15) is 37.2 Å². The standard InChI is InChI=1S/C17H17NO2.CH4/c1-11-10-15(6-9-17(11)12(2)19)14-4-7-16(8-5-14)18-13(3)20;/h4-10H,1-3H3,(H,18,20);1H4. The second-order valence-corrected chi connectivity index (χ2v) is 4.84. The Morgan fingerprint density at radius 2 is 1.48 bits per heavy atom. The molecule has 1 N–H and O–H groups in total. The lowest BCUT2D eigenvalue weighted by Gasteiger charge is -2.08. The maximum atomic E-state index is 11.4. The zero-order valence-electron chi connectivity index (χ0n) is 11.9. The van der Waals surface area contributed by atoms with Gasteiger partial charge in [-0.3, -0.25) is 9.59 Å². The second-order valence-electron chi connectivity index (χ2n) is 4.84. The molecule has 0 unspecified atom stereocenters. The predicted octanol–water partition coefficient (Wildman–Crippen LogP) is 4.46. The molecule has 110 valence electrons. The number of benzene rings is 2. The first-order valence-corrected chi connectivity index (χ1v) is 6.47. The van der Waals surface area contributed by atoms with Crippen LogP contribution in [0.4, 0.5) is 5.69 Å². The van der Waals surface area contributed by atoms with Crippen molar-refractivity contribution in [1.82, 2.24) is 0 Å². The molecule has 3 heteroatoms. The van der Waals surface area contributed by atoms with E-state index in [1.807, 2.05) is 49.4 Å². The van der Waals surface area contributed by atoms with Crippen LogP contribution in [0.15, 0.2) is 42.5 Å². The summed E-state index contributed by atoms with van der Waals surface area (Å²) in [4.78, 5) is 22.4. The van der Waals surface area contributed by atoms with Gasteiger partial charge in [0.05, 0.1) is 0 Å². The number of ketones is 1. The Morgan fingerprint density at radius 3 is 1.95 bits per heavy atom. The van der Waals surface area contributed by atoms with Gasteiger partial charge < -0.3 is 5.32 Å². The number of nitrogens with one attached hydrogen (secondary N) is 1. The average molecular weight is 283 g/mol. The van der Waals surface area contributed by atoms with Crippen molar-refractivity contribution in [2.75, 3.05) is 5.32 Å². The molecule has 0 radical (unpaired) electrons. The number of Topliss-reactive ketones (excluding diaryl/α,β-unsaturated/α-hetero) is 1. The second kappa shape index (κ2) is 6.84. The fraction of sp³-hybridized carbons (Fsp3) is 0.222. The predicted molar refractivity (Wildman–Crippen MR) is 87.7 cm³/mol. The summed E-state index contributed by atoms with van der Waals surface area (Å²) in [7, 11) is 0. The largest absolute Gasteiger partial charge is 0.326 e. The lowest BCUT2D eigenvalue weighted by molar-refractivity contribution is -0.114. The zero-order valence-corrected chi connectivity index (χ0v) is 11.9. The van der Waals surface area contributed by atoms with Gasteiger partial charge in [-0.2, -0.15) is 0 Å². The van der Waals surface area contributed by atoms with Crippen molar-refractivity contribution >= 4 is 17.4 Å². The number of aryl methyl sites for hydroxylation is 1. The van der Waals surface area contributed by atoms with Gasteiger partial charge >= 0.3 is 0 Å². The molecule has 0 heterocycles. The van der Waals surface area contributed by atoms with Crippen LogP contribution in [-0.4, -0.2) is 11.7 Å². The molecule has 0 spiro atoms. The normalized spacial score (nSPS) is 9.67. The van der Waals surface area contributed by atoms with Crippen LogP contribution in [0.2, 0.25) is 0 Å². The van der Waals surface area contributed by atoms with Crippen LogP contribution < -0.4 is 5.32 Å². The molecule has 2 rings (SSSR count). The molecule has 3 nitrogen and oxygen atoms in total. The van der Waals surface area contributed by atoms with Gasteiger partial charge in [0.2, 0.25) is 5.91 Å². The van der Waals surface area contributed by atoms with Crippen LogP contribution in [0.3, 0.4) is 0 Å². The smallest absolute Gasteiger partial charge is 0.221 e. The molecule has 0 aliphatic rings. The third-order valence-corrected chi connectivity index (χ3v) is 3.14. The van der Waals surface area contributed by atoms with Crippen LogP contribution in [-0.2, 0) is 4.79 Å². The van der Waals surface area contributed by atoms with Crippen LogP contribution >= 0.6 is 0 Å². The first-order valence-electron chi connectivity index (χ1n) is 6.47. The molecule has 2 aromatic rings. The molecule has 0 fully saturated rings. The highest BCUT2D eigenvalue weighted by Gasteiger charge is 2.06. The molecule has 0 bridgehead atoms. The molecule has 0 atom stereocenters. The summed E-state index contributed by atoms with van der Waals surface area (Å²) in [5, 5.41) is 2.74. The summed E-state index contributed by atoms with van der Waals surface area (Å²) in [5.41, 5.74) is 4.61. The Bertz CT molecular complexity index is 657. The van der Waals surface area contributed by atoms with E-state index in [4.69, 9.17) is 0 Å². The third kappa shape index (κ3) is 4.02. The van der Waals surface area contributed by atoms with Gasteiger partial charge in [-0.1, -0.05) is 37.8 Å². The van der Waals surface area contributed by atoms with Crippen molar-refractivity contribution < 1.29 is 9.59 Å². The Kier molecular flexibility index (Phi) is 5.42. The quantitative estimate of drug-likeness (QED) is 0.845. The van der Waals surface area contributed by atoms with E-state index in [1.165, 1.54) is 6.92 Å². The van der Waals surface area contributed by atoms with Gasteiger partial charge in [-0.05, 0) is 42.7 Å². The molecule has 0 aromatic heterocycles. The maximum absolute atomic E-state index is 11.4. The van der Waals surface area contributed by atoms with Gasteiger partial charge in [0, 0.05) is 18.2 Å². The zero-order chi connectivity index (χ0) is 14.7. The molecule has 21 heavy (non-hydrogen) atoms. The number of carbonyl (C=O) groups excluding carboxylic acids is 2. The fourth-order valence-corrected chi connectivity index (χ4v) is 2.19. The van der Waals surface area contributed by atoms with Crippen molar-refractivity contribution in [1.29, 1.82) is 0 Å². The molecular weight excluding hydrogens is 262 g/mol. The summed E-state index contributed by atoms with van der Waals surface area (Å²) in [6.07, 6.45) is 0. The number of hydrogen-bond donors (Lipinski definition) is 1. The molecule has 0 saturated heterocycles. The van der Waals surface area contributed by atoms with Crippen LogP contribution in [0.25, 0.3) is 11.1 Å². The monoisotopic (exact) mass is 283 g/mol. The maximum Gasteiger partial charge on any atom is 0.221 e. The topological polar surface area (TPSA) is 46.2 Å². The van der Waals surface area contributed by atoms with E-state index in [9.17, 15) is 9.59 Å². The molecular formula is C18H21NO2. The minimum atomic E-state index is -0.0839. The number of amides is 1. The number of anilines is 1. The van der Waals surface area contributed by atoms with Crippen molar-refractivity contribution in [2.45, 2.75) is 28.2 Å². The van der Waals surface area contributed by atoms with E-state index >= 15 is 0 Å². The number of rotatable bonds is 3. The lowest BCUT2D eigenvalue weighted by Crippen LogP contribution is -2.05. The van der Waals surface area contributed by atoms with Gasteiger partial charge in [-0.25, -0.2) is 0 Å². The Balaban J connectivity index is 0.00000220. The fourth-order valence-electron chi connectivity index (χ4n) is 2.19. The van der Waals surface area contributed by atoms with E-state index in [0.29, 0.717) is 0 Å². The summed E-state index contributed by atoms with van der Waals surface area (Å²) in [6.45, 7) is 4.99. The minimum absolute atomic E-state index is 0. The molecule has 0 aliphatic carbocycles. The highest BCUT2D eigenvalue weighted by Crippen LogP contribution is 2.24. The Morgan fingerprint density at radius 1 is 0.905 bits per heavy atom. The minimum Gasteiger partial charge on any atom is -0.326 e. The molecule has 1 amide bonds. The Hall–Kier alpha value is -2.42. The van der Waals surface area contributed by atoms with E-state index in [2.05, 4.69) is 5.32 Å². The Labute approximate surface area is 126 Å². The van der Waals surface area contributed by atoms with E-state index in [-0.39, 0.29) is 19.1 Å². The average Bonchev–Trinajstić information content (AvgIpc) is 2.38. The number of hydrogen-bond acceptors (Lipinski definition) is 2. The first kappa shape index (κ1) is 16.6. The van der Waals surface area contributed by atoms with Crippen molar-refractivity contribution in [2.24, 2.45) is 0 Å². The van der Waals surface area contributed by atoms with E-state index < -0.39 is 0 Å². The molecule has 2 aromatic carbocycles. The molecule has 0 saturated carbocycles. The van der Waals surface area contributed by atoms with Gasteiger partial charge in [0.1, 0.15) is 0 Å². The lowest BCUT2D eigenvalue weighted by atomic mass is 9.98. The van der Waals surface area contributed by atoms with Gasteiger partial charge in [0.25, 0.3) is 0 Å². The van der Waals surface area contributed by atoms with E-state index in [1.54, 1.807) is 6.92 Å². The van der Waals surface area contributed by atoms with Crippen molar-refractivity contribution in [3.05, 3.63) is 53.6 Å². The first-order chi connectivity index (χ1) is 9.47. The van der Waals surface area contributed by atoms with Gasteiger partial charge in [0.15, 0.2) is 5.78 Å². The van der Waals surface area contributed by atoms with Gasteiger partial charge in [-0.15, -0.1) is 0 Å². The summed E-state index contributed by atoms with van der Waals surface area (Å²) in [6, 6.07) is 13.4. The van der Waals surface area contributed by atoms with Crippen molar-refractivity contribution in [3.8, 4) is 11.1 Å². The summed E-state index contributed by atoms with van der Waals surface area (Å²) in [5.74, 6) is -0.00513. The summed E-state index contributed by atoms with van der Waals surface area (Å²) < 4.78 is 0. The SMILES string of the molecule is C.CC(=O)Nc1ccc(-c2ccc(C(C)=O)c(C)c2)cc1. The number of carbonyl (C=O) groups is 2.